The lowest BCUT2D eigenvalue weighted by atomic mass is 10.00. The molecule has 2 heteroatoms. The second-order valence-corrected chi connectivity index (χ2v) is 6.52. The van der Waals surface area contributed by atoms with E-state index in [4.69, 9.17) is 11.6 Å². The van der Waals surface area contributed by atoms with E-state index in [0.29, 0.717) is 5.88 Å². The Morgan fingerprint density at radius 3 is 2.70 bits per heavy atom. The van der Waals surface area contributed by atoms with Gasteiger partial charge in [0.05, 0.1) is 0 Å². The third-order valence-electron chi connectivity index (χ3n) is 3.84. The molecule has 0 amide bonds. The van der Waals surface area contributed by atoms with Gasteiger partial charge in [-0.3, -0.25) is 0 Å². The molecule has 1 heterocycles. The van der Waals surface area contributed by atoms with E-state index in [0.717, 1.165) is 0 Å². The van der Waals surface area contributed by atoms with Gasteiger partial charge >= 0.3 is 0 Å². The van der Waals surface area contributed by atoms with Gasteiger partial charge in [-0.15, -0.1) is 22.9 Å². The van der Waals surface area contributed by atoms with Gasteiger partial charge in [0, 0.05) is 26.1 Å². The molecule has 0 saturated carbocycles. The number of aryl methyl sites for hydroxylation is 1. The van der Waals surface area contributed by atoms with E-state index in [9.17, 15) is 0 Å². The van der Waals surface area contributed by atoms with E-state index in [2.05, 4.69) is 55.5 Å². The Balaban J connectivity index is 2.31. The number of halogens is 1. The van der Waals surface area contributed by atoms with Crippen molar-refractivity contribution in [2.45, 2.75) is 12.8 Å². The molecule has 98 valence electrons. The van der Waals surface area contributed by atoms with Gasteiger partial charge in [0.1, 0.15) is 0 Å². The Hall–Kier alpha value is -1.57. The highest BCUT2D eigenvalue weighted by Gasteiger charge is 2.12. The average Bonchev–Trinajstić information content (AvgIpc) is 2.85. The highest BCUT2D eigenvalue weighted by molar-refractivity contribution is 7.26. The first-order valence-corrected chi connectivity index (χ1v) is 8.02. The molecule has 0 unspecified atom stereocenters. The highest BCUT2D eigenvalue weighted by atomic mass is 35.5. The van der Waals surface area contributed by atoms with Crippen LogP contribution < -0.4 is 0 Å². The number of rotatable bonds is 1. The maximum atomic E-state index is 6.21. The lowest BCUT2D eigenvalue weighted by Crippen LogP contribution is -1.83. The molecule has 0 fully saturated rings. The largest absolute Gasteiger partial charge is 0.135 e. The fourth-order valence-electron chi connectivity index (χ4n) is 2.93. The van der Waals surface area contributed by atoms with Crippen LogP contribution in [0.25, 0.3) is 30.9 Å². The third kappa shape index (κ3) is 1.67. The summed E-state index contributed by atoms with van der Waals surface area (Å²) in [6.45, 7) is 2.13. The van der Waals surface area contributed by atoms with Crippen molar-refractivity contribution in [3.05, 3.63) is 59.7 Å². The fraction of sp³-hybridized carbons (Fsp3) is 0.111. The maximum absolute atomic E-state index is 6.21. The molecule has 0 radical (unpaired) electrons. The highest BCUT2D eigenvalue weighted by Crippen LogP contribution is 2.41. The summed E-state index contributed by atoms with van der Waals surface area (Å²) < 4.78 is 2.70. The molecule has 0 spiro atoms. The number of hydrogen-bond donors (Lipinski definition) is 0. The van der Waals surface area contributed by atoms with E-state index in [1.807, 2.05) is 11.3 Å². The zero-order valence-electron chi connectivity index (χ0n) is 11.1. The Kier molecular flexibility index (Phi) is 2.73. The number of benzene rings is 3. The van der Waals surface area contributed by atoms with Gasteiger partial charge in [0.25, 0.3) is 0 Å². The zero-order valence-corrected chi connectivity index (χ0v) is 12.7. The summed E-state index contributed by atoms with van der Waals surface area (Å²) in [7, 11) is 0. The third-order valence-corrected chi connectivity index (χ3v) is 5.33. The summed E-state index contributed by atoms with van der Waals surface area (Å²) in [4.78, 5) is 0. The van der Waals surface area contributed by atoms with Crippen molar-refractivity contribution in [1.29, 1.82) is 0 Å². The van der Waals surface area contributed by atoms with Crippen molar-refractivity contribution in [1.82, 2.24) is 0 Å². The van der Waals surface area contributed by atoms with Crippen LogP contribution in [0.15, 0.2) is 48.5 Å². The van der Waals surface area contributed by atoms with Crippen molar-refractivity contribution in [2.75, 3.05) is 0 Å². The topological polar surface area (TPSA) is 0 Å². The number of alkyl halides is 1. The van der Waals surface area contributed by atoms with Crippen LogP contribution in [0.1, 0.15) is 11.1 Å². The zero-order chi connectivity index (χ0) is 13.7. The van der Waals surface area contributed by atoms with Gasteiger partial charge in [-0.1, -0.05) is 42.0 Å². The lowest BCUT2D eigenvalue weighted by molar-refractivity contribution is 1.47. The van der Waals surface area contributed by atoms with Crippen molar-refractivity contribution in [3.8, 4) is 0 Å². The van der Waals surface area contributed by atoms with E-state index >= 15 is 0 Å². The fourth-order valence-corrected chi connectivity index (χ4v) is 4.42. The van der Waals surface area contributed by atoms with Crippen LogP contribution in [0.2, 0.25) is 0 Å². The smallest absolute Gasteiger partial charge is 0.0480 e. The monoisotopic (exact) mass is 296 g/mol. The van der Waals surface area contributed by atoms with Crippen LogP contribution in [-0.4, -0.2) is 0 Å². The molecule has 0 atom stereocenters. The van der Waals surface area contributed by atoms with E-state index < -0.39 is 0 Å². The molecule has 0 aliphatic carbocycles. The molecule has 0 saturated heterocycles. The van der Waals surface area contributed by atoms with Gasteiger partial charge in [-0.2, -0.15) is 0 Å². The molecule has 0 aliphatic heterocycles. The number of thiophene rings is 1. The van der Waals surface area contributed by atoms with Crippen LogP contribution in [0.4, 0.5) is 0 Å². The SMILES string of the molecule is Cc1ccc2c(c1)cc(CCl)c1c3ccccc3sc21. The summed E-state index contributed by atoms with van der Waals surface area (Å²) in [5, 5.41) is 5.28. The minimum absolute atomic E-state index is 0.557. The second-order valence-electron chi connectivity index (χ2n) is 5.20. The predicted octanol–water partition coefficient (Wildman–Crippen LogP) is 6.25. The summed E-state index contributed by atoms with van der Waals surface area (Å²) >= 11 is 8.08. The molecular weight excluding hydrogens is 284 g/mol. The van der Waals surface area contributed by atoms with Gasteiger partial charge in [0.2, 0.25) is 0 Å². The molecular formula is C18H13ClS. The van der Waals surface area contributed by atoms with Crippen LogP contribution in [0, 0.1) is 6.92 Å². The van der Waals surface area contributed by atoms with Gasteiger partial charge < -0.3 is 0 Å². The van der Waals surface area contributed by atoms with Gasteiger partial charge in [0.15, 0.2) is 0 Å². The normalized spacial score (nSPS) is 11.7. The maximum Gasteiger partial charge on any atom is 0.0480 e. The van der Waals surface area contributed by atoms with Crippen LogP contribution >= 0.6 is 22.9 Å². The second kappa shape index (κ2) is 4.47. The van der Waals surface area contributed by atoms with Crippen molar-refractivity contribution >= 4 is 53.9 Å². The first kappa shape index (κ1) is 12.2. The molecule has 0 bridgehead atoms. The standard InChI is InChI=1S/C18H13ClS/c1-11-6-7-14-12(8-11)9-13(10-19)17-15-4-2-3-5-16(15)20-18(14)17/h2-9H,10H2,1H3. The first-order chi connectivity index (χ1) is 9.78. The summed E-state index contributed by atoms with van der Waals surface area (Å²) in [5.74, 6) is 0.557. The molecule has 1 aromatic heterocycles. The Morgan fingerprint density at radius 2 is 1.85 bits per heavy atom. The van der Waals surface area contributed by atoms with Crippen molar-refractivity contribution in [2.24, 2.45) is 0 Å². The van der Waals surface area contributed by atoms with Crippen molar-refractivity contribution in [3.63, 3.8) is 0 Å². The first-order valence-electron chi connectivity index (χ1n) is 6.67. The molecule has 0 N–H and O–H groups in total. The number of hydrogen-bond acceptors (Lipinski definition) is 1. The molecule has 4 rings (SSSR count). The van der Waals surface area contributed by atoms with E-state index in [-0.39, 0.29) is 0 Å². The average molecular weight is 297 g/mol. The lowest BCUT2D eigenvalue weighted by Gasteiger charge is -2.06. The Bertz CT molecular complexity index is 950. The molecule has 0 nitrogen and oxygen atoms in total. The molecule has 0 aliphatic rings. The molecule has 3 aromatic carbocycles. The Labute approximate surface area is 126 Å². The Morgan fingerprint density at radius 1 is 1.00 bits per heavy atom. The van der Waals surface area contributed by atoms with E-state index in [1.165, 1.54) is 42.1 Å². The van der Waals surface area contributed by atoms with Crippen LogP contribution in [-0.2, 0) is 5.88 Å². The minimum Gasteiger partial charge on any atom is -0.135 e. The van der Waals surface area contributed by atoms with Crippen molar-refractivity contribution < 1.29 is 0 Å². The minimum atomic E-state index is 0.557. The summed E-state index contributed by atoms with van der Waals surface area (Å²) in [5.41, 5.74) is 2.52. The van der Waals surface area contributed by atoms with Crippen LogP contribution in [0.5, 0.6) is 0 Å². The van der Waals surface area contributed by atoms with E-state index in [1.54, 1.807) is 0 Å². The van der Waals surface area contributed by atoms with Gasteiger partial charge in [-0.05, 0) is 35.4 Å². The summed E-state index contributed by atoms with van der Waals surface area (Å²) in [6, 6.07) is 17.5. The quantitative estimate of drug-likeness (QED) is 0.364. The predicted molar refractivity (Wildman–Crippen MR) is 91.1 cm³/mol. The van der Waals surface area contributed by atoms with Gasteiger partial charge in [-0.25, -0.2) is 0 Å². The molecule has 4 aromatic rings. The van der Waals surface area contributed by atoms with Crippen LogP contribution in [0.3, 0.4) is 0 Å². The summed E-state index contributed by atoms with van der Waals surface area (Å²) in [6.07, 6.45) is 0. The number of fused-ring (bicyclic) bond motifs is 5. The molecule has 20 heavy (non-hydrogen) atoms.